The van der Waals surface area contributed by atoms with Crippen molar-refractivity contribution >= 4 is 38.9 Å². The number of fused-ring (bicyclic) bond motifs is 1. The zero-order valence-corrected chi connectivity index (χ0v) is 28.5. The number of aliphatic hydroxyl groups is 1. The molecule has 5 rings (SSSR count). The molecule has 0 bridgehead atoms. The number of anilines is 1. The van der Waals surface area contributed by atoms with E-state index in [4.69, 9.17) is 0 Å². The molecule has 2 aromatic heterocycles. The number of aromatic nitrogens is 1. The molecule has 0 radical (unpaired) electrons. The van der Waals surface area contributed by atoms with E-state index in [-0.39, 0.29) is 35.8 Å². The second-order valence-corrected chi connectivity index (χ2v) is 14.1. The maximum atomic E-state index is 14.9. The summed E-state index contributed by atoms with van der Waals surface area (Å²) in [6.45, 7) is 7.25. The number of nitrogens with zero attached hydrogens (tertiary/aromatic N) is 2. The minimum absolute atomic E-state index is 0.0320. The zero-order valence-electron chi connectivity index (χ0n) is 27.6. The second-order valence-electron chi connectivity index (χ2n) is 13.1. The Balaban J connectivity index is 1.68. The SMILES string of the molecule is CC(C)C(=O)c1cn(Cc2c(F)cccc2F)c2sc(-c3ccc(NC(=O)CC(C)(C)O)cc3)c(CN(C)Cc3ccccc3)c2c1=O. The van der Waals surface area contributed by atoms with Crippen LogP contribution >= 0.6 is 11.3 Å². The minimum atomic E-state index is -1.16. The van der Waals surface area contributed by atoms with Gasteiger partial charge in [-0.05, 0) is 61.9 Å². The lowest BCUT2D eigenvalue weighted by atomic mass is 9.99. The van der Waals surface area contributed by atoms with Crippen molar-refractivity contribution in [1.82, 2.24) is 9.47 Å². The van der Waals surface area contributed by atoms with Crippen molar-refractivity contribution in [2.75, 3.05) is 12.4 Å². The topological polar surface area (TPSA) is 91.6 Å². The normalized spacial score (nSPS) is 11.9. The quantitative estimate of drug-likeness (QED) is 0.133. The highest BCUT2D eigenvalue weighted by Crippen LogP contribution is 2.39. The Labute approximate surface area is 282 Å². The monoisotopic (exact) mass is 671 g/mol. The lowest BCUT2D eigenvalue weighted by Gasteiger charge is -2.18. The highest BCUT2D eigenvalue weighted by atomic mass is 32.1. The Morgan fingerprint density at radius 1 is 0.938 bits per heavy atom. The van der Waals surface area contributed by atoms with Crippen LogP contribution in [0, 0.1) is 17.6 Å². The van der Waals surface area contributed by atoms with E-state index in [0.29, 0.717) is 34.6 Å². The summed E-state index contributed by atoms with van der Waals surface area (Å²) in [4.78, 5) is 43.4. The molecular formula is C38H39F2N3O4S. The molecule has 0 atom stereocenters. The van der Waals surface area contributed by atoms with Crippen molar-refractivity contribution in [2.45, 2.75) is 59.4 Å². The van der Waals surface area contributed by atoms with E-state index in [2.05, 4.69) is 10.2 Å². The van der Waals surface area contributed by atoms with Gasteiger partial charge in [0, 0.05) is 41.3 Å². The van der Waals surface area contributed by atoms with Crippen LogP contribution in [0.5, 0.6) is 0 Å². The summed E-state index contributed by atoms with van der Waals surface area (Å²) in [5.41, 5.74) is 1.29. The molecule has 0 aliphatic heterocycles. The van der Waals surface area contributed by atoms with E-state index in [1.807, 2.05) is 49.5 Å². The van der Waals surface area contributed by atoms with Crippen LogP contribution in [0.4, 0.5) is 14.5 Å². The van der Waals surface area contributed by atoms with Crippen molar-refractivity contribution in [3.8, 4) is 10.4 Å². The number of carbonyl (C=O) groups is 2. The van der Waals surface area contributed by atoms with Gasteiger partial charge in [0.2, 0.25) is 11.3 Å². The van der Waals surface area contributed by atoms with Gasteiger partial charge in [-0.2, -0.15) is 0 Å². The fourth-order valence-electron chi connectivity index (χ4n) is 5.66. The third kappa shape index (κ3) is 7.95. The Morgan fingerprint density at radius 3 is 2.19 bits per heavy atom. The first-order chi connectivity index (χ1) is 22.7. The molecule has 3 aromatic carbocycles. The second kappa shape index (κ2) is 14.3. The zero-order chi connectivity index (χ0) is 34.7. The van der Waals surface area contributed by atoms with Crippen LogP contribution in [0.15, 0.2) is 83.8 Å². The smallest absolute Gasteiger partial charge is 0.227 e. The van der Waals surface area contributed by atoms with Gasteiger partial charge in [0.1, 0.15) is 16.5 Å². The maximum Gasteiger partial charge on any atom is 0.227 e. The first-order valence-corrected chi connectivity index (χ1v) is 16.5. The number of hydrogen-bond acceptors (Lipinski definition) is 6. The lowest BCUT2D eigenvalue weighted by Crippen LogP contribution is -2.27. The molecular weight excluding hydrogens is 632 g/mol. The molecule has 0 fully saturated rings. The third-order valence-corrected chi connectivity index (χ3v) is 9.25. The molecule has 250 valence electrons. The Kier molecular flexibility index (Phi) is 10.4. The molecule has 10 heteroatoms. The summed E-state index contributed by atoms with van der Waals surface area (Å²) in [6, 6.07) is 20.7. The van der Waals surface area contributed by atoms with E-state index in [1.54, 1.807) is 44.4 Å². The largest absolute Gasteiger partial charge is 0.390 e. The Morgan fingerprint density at radius 2 is 1.58 bits per heavy atom. The first kappa shape index (κ1) is 34.8. The molecule has 5 aromatic rings. The number of Topliss-reactive ketones (excluding diaryl/α,β-unsaturated/α-hetero) is 1. The van der Waals surface area contributed by atoms with Gasteiger partial charge >= 0.3 is 0 Å². The number of benzene rings is 3. The van der Waals surface area contributed by atoms with Crippen LogP contribution in [-0.2, 0) is 24.4 Å². The van der Waals surface area contributed by atoms with E-state index < -0.39 is 28.6 Å². The summed E-state index contributed by atoms with van der Waals surface area (Å²) in [5, 5.41) is 13.2. The van der Waals surface area contributed by atoms with E-state index in [9.17, 15) is 28.3 Å². The number of halogens is 2. The highest BCUT2D eigenvalue weighted by molar-refractivity contribution is 7.22. The van der Waals surface area contributed by atoms with Crippen LogP contribution in [0.25, 0.3) is 20.7 Å². The van der Waals surface area contributed by atoms with Gasteiger partial charge in [-0.25, -0.2) is 8.78 Å². The summed E-state index contributed by atoms with van der Waals surface area (Å²) in [5.74, 6) is -2.61. The van der Waals surface area contributed by atoms with Crippen molar-refractivity contribution in [2.24, 2.45) is 5.92 Å². The predicted molar refractivity (Wildman–Crippen MR) is 187 cm³/mol. The standard InChI is InChI=1S/C38H39F2N3O4S/c1-23(2)34(45)29-22-43(21-27-30(39)12-9-13-31(27)40)37-33(35(29)46)28(20-42(5)19-24-10-7-6-8-11-24)36(48-37)25-14-16-26(17-15-25)41-32(44)18-38(3,4)47/h6-17,22-23,47H,18-21H2,1-5H3,(H,41,44). The summed E-state index contributed by atoms with van der Waals surface area (Å²) < 4.78 is 31.4. The number of nitrogens with one attached hydrogen (secondary N) is 1. The van der Waals surface area contributed by atoms with Crippen LogP contribution in [0.2, 0.25) is 0 Å². The van der Waals surface area contributed by atoms with E-state index >= 15 is 0 Å². The molecule has 0 aliphatic carbocycles. The van der Waals surface area contributed by atoms with Crippen molar-refractivity contribution in [3.05, 3.63) is 123 Å². The van der Waals surface area contributed by atoms with Crippen LogP contribution in [0.3, 0.4) is 0 Å². The molecule has 0 saturated heterocycles. The van der Waals surface area contributed by atoms with E-state index in [0.717, 1.165) is 16.0 Å². The number of pyridine rings is 1. The summed E-state index contributed by atoms with van der Waals surface area (Å²) >= 11 is 1.31. The van der Waals surface area contributed by atoms with Gasteiger partial charge in [0.05, 0.1) is 29.5 Å². The molecule has 7 nitrogen and oxygen atoms in total. The van der Waals surface area contributed by atoms with Gasteiger partial charge in [-0.1, -0.05) is 62.4 Å². The van der Waals surface area contributed by atoms with E-state index in [1.165, 1.54) is 35.7 Å². The van der Waals surface area contributed by atoms with Crippen LogP contribution in [-0.4, -0.2) is 38.9 Å². The highest BCUT2D eigenvalue weighted by Gasteiger charge is 2.26. The summed E-state index contributed by atoms with van der Waals surface area (Å²) in [6.07, 6.45) is 1.35. The van der Waals surface area contributed by atoms with Crippen LogP contribution < -0.4 is 10.7 Å². The van der Waals surface area contributed by atoms with Gasteiger partial charge in [-0.3, -0.25) is 19.3 Å². The molecule has 1 amide bonds. The molecule has 0 aliphatic rings. The molecule has 2 heterocycles. The Bertz CT molecular complexity index is 1990. The fourth-order valence-corrected chi connectivity index (χ4v) is 6.95. The number of carbonyl (C=O) groups excluding carboxylic acids is 2. The van der Waals surface area contributed by atoms with Gasteiger partial charge in [0.15, 0.2) is 5.78 Å². The maximum absolute atomic E-state index is 14.9. The molecule has 48 heavy (non-hydrogen) atoms. The average molecular weight is 672 g/mol. The van der Waals surface area contributed by atoms with Crippen LogP contribution in [0.1, 0.15) is 61.2 Å². The number of ketones is 1. The van der Waals surface area contributed by atoms with Gasteiger partial charge in [-0.15, -0.1) is 11.3 Å². The van der Waals surface area contributed by atoms with Crippen molar-refractivity contribution in [1.29, 1.82) is 0 Å². The number of thiophene rings is 1. The molecule has 0 saturated carbocycles. The lowest BCUT2D eigenvalue weighted by molar-refractivity contribution is -0.119. The van der Waals surface area contributed by atoms with Gasteiger partial charge in [0.25, 0.3) is 0 Å². The average Bonchev–Trinajstić information content (AvgIpc) is 3.39. The predicted octanol–water partition coefficient (Wildman–Crippen LogP) is 7.63. The number of hydrogen-bond donors (Lipinski definition) is 2. The first-order valence-electron chi connectivity index (χ1n) is 15.7. The van der Waals surface area contributed by atoms with Crippen molar-refractivity contribution in [3.63, 3.8) is 0 Å². The molecule has 0 spiro atoms. The van der Waals surface area contributed by atoms with Crippen molar-refractivity contribution < 1.29 is 23.5 Å². The molecule has 0 unspecified atom stereocenters. The third-order valence-electron chi connectivity index (χ3n) is 7.93. The Hall–Kier alpha value is -4.51. The number of rotatable bonds is 12. The number of amides is 1. The van der Waals surface area contributed by atoms with Gasteiger partial charge < -0.3 is 15.0 Å². The minimum Gasteiger partial charge on any atom is -0.390 e. The fraction of sp³-hybridized carbons (Fsp3) is 0.289. The summed E-state index contributed by atoms with van der Waals surface area (Å²) in [7, 11) is 1.94. The molecule has 2 N–H and O–H groups in total.